The van der Waals surface area contributed by atoms with Crippen LogP contribution in [0.3, 0.4) is 0 Å². The van der Waals surface area contributed by atoms with Crippen molar-refractivity contribution < 1.29 is 43.9 Å². The van der Waals surface area contributed by atoms with Gasteiger partial charge < -0.3 is 40.2 Å². The molecule has 0 aliphatic rings. The zero-order valence-electron chi connectivity index (χ0n) is 21.5. The van der Waals surface area contributed by atoms with E-state index >= 15 is 0 Å². The molecule has 1 aromatic rings. The molecule has 210 valence electrons. The Labute approximate surface area is 218 Å². The van der Waals surface area contributed by atoms with E-state index < -0.39 is 23.4 Å². The van der Waals surface area contributed by atoms with E-state index in [9.17, 15) is 14.4 Å². The highest BCUT2D eigenvalue weighted by Crippen LogP contribution is 2.11. The number of unbranched alkanes of at least 4 members (excludes halogenated alkanes) is 3. The smallest absolute Gasteiger partial charge is 0.305 e. The minimum atomic E-state index is -0.979. The normalized spacial score (nSPS) is 11.5. The molecule has 0 fully saturated rings. The maximum atomic E-state index is 10.8. The van der Waals surface area contributed by atoms with Gasteiger partial charge in [0.2, 0.25) is 0 Å². The van der Waals surface area contributed by atoms with Crippen molar-refractivity contribution in [3.05, 3.63) is 35.9 Å². The summed E-state index contributed by atoms with van der Waals surface area (Å²) in [7, 11) is 0. The van der Waals surface area contributed by atoms with Crippen molar-refractivity contribution >= 4 is 17.9 Å². The van der Waals surface area contributed by atoms with Gasteiger partial charge in [-0.1, -0.05) is 43.2 Å². The number of nitrogens with one attached hydrogen (secondary N) is 2. The minimum Gasteiger partial charge on any atom is -0.481 e. The first-order chi connectivity index (χ1) is 17.8. The Hall–Kier alpha value is -2.57. The maximum absolute atomic E-state index is 10.8. The summed E-state index contributed by atoms with van der Waals surface area (Å²) in [6.07, 6.45) is 3.49. The van der Waals surface area contributed by atoms with Gasteiger partial charge >= 0.3 is 17.9 Å². The molecule has 11 heteroatoms. The Morgan fingerprint density at radius 2 is 1.14 bits per heavy atom. The van der Waals surface area contributed by atoms with Crippen LogP contribution in [0.2, 0.25) is 0 Å². The zero-order valence-corrected chi connectivity index (χ0v) is 21.5. The number of ether oxygens (including phenoxy) is 3. The molecule has 37 heavy (non-hydrogen) atoms. The van der Waals surface area contributed by atoms with E-state index in [0.29, 0.717) is 6.54 Å². The van der Waals surface area contributed by atoms with Crippen LogP contribution in [0.5, 0.6) is 0 Å². The standard InChI is InChI=1S/C26H42N2O9/c29-23(30)10-15-35-19-26(20-36-16-11-24(31)32,21-37-17-12-25(33)34)28-14-7-2-1-6-13-27-18-22-8-4-3-5-9-22/h3-5,8-9,27-28H,1-2,6-7,10-21H2,(H,29,30)(H,31,32)(H,33,34). The third-order valence-corrected chi connectivity index (χ3v) is 5.47. The third kappa shape index (κ3) is 18.3. The first kappa shape index (κ1) is 32.5. The van der Waals surface area contributed by atoms with Crippen LogP contribution in [-0.2, 0) is 35.1 Å². The minimum absolute atomic E-state index is 0.000995. The van der Waals surface area contributed by atoms with Gasteiger partial charge in [0.15, 0.2) is 0 Å². The molecule has 0 unspecified atom stereocenters. The van der Waals surface area contributed by atoms with E-state index in [1.165, 1.54) is 5.56 Å². The first-order valence-corrected chi connectivity index (χ1v) is 12.7. The van der Waals surface area contributed by atoms with Gasteiger partial charge in [0.1, 0.15) is 0 Å². The van der Waals surface area contributed by atoms with Crippen LogP contribution in [-0.4, -0.2) is 91.5 Å². The number of carboxylic acid groups (broad SMARTS) is 3. The molecule has 0 amide bonds. The molecule has 0 saturated carbocycles. The lowest BCUT2D eigenvalue weighted by Gasteiger charge is -2.34. The Balaban J connectivity index is 2.49. The largest absolute Gasteiger partial charge is 0.481 e. The van der Waals surface area contributed by atoms with Gasteiger partial charge in [0, 0.05) is 6.54 Å². The second-order valence-electron chi connectivity index (χ2n) is 8.87. The third-order valence-electron chi connectivity index (χ3n) is 5.47. The monoisotopic (exact) mass is 526 g/mol. The fraction of sp³-hybridized carbons (Fsp3) is 0.654. The molecule has 1 aromatic carbocycles. The molecule has 0 bridgehead atoms. The molecule has 0 aliphatic heterocycles. The Morgan fingerprint density at radius 1 is 0.676 bits per heavy atom. The summed E-state index contributed by atoms with van der Waals surface area (Å²) in [5.74, 6) is -2.94. The van der Waals surface area contributed by atoms with Gasteiger partial charge in [0.25, 0.3) is 0 Å². The second kappa shape index (κ2) is 20.5. The summed E-state index contributed by atoms with van der Waals surface area (Å²) in [6, 6.07) is 10.2. The number of carboxylic acids is 3. The topological polar surface area (TPSA) is 164 Å². The Morgan fingerprint density at radius 3 is 1.59 bits per heavy atom. The quantitative estimate of drug-likeness (QED) is 0.119. The number of rotatable bonds is 25. The predicted octanol–water partition coefficient (Wildman–Crippen LogP) is 2.14. The molecule has 0 aliphatic carbocycles. The van der Waals surface area contributed by atoms with Gasteiger partial charge in [-0.05, 0) is 31.5 Å². The van der Waals surface area contributed by atoms with E-state index in [0.717, 1.165) is 38.8 Å². The van der Waals surface area contributed by atoms with Crippen molar-refractivity contribution in [3.63, 3.8) is 0 Å². The van der Waals surface area contributed by atoms with E-state index in [4.69, 9.17) is 29.5 Å². The van der Waals surface area contributed by atoms with Crippen LogP contribution in [0.1, 0.15) is 50.5 Å². The maximum Gasteiger partial charge on any atom is 0.305 e. The molecular formula is C26H42N2O9. The molecule has 0 atom stereocenters. The van der Waals surface area contributed by atoms with Crippen molar-refractivity contribution in [2.24, 2.45) is 0 Å². The van der Waals surface area contributed by atoms with Crippen LogP contribution in [0, 0.1) is 0 Å². The van der Waals surface area contributed by atoms with Crippen molar-refractivity contribution in [1.82, 2.24) is 10.6 Å². The van der Waals surface area contributed by atoms with E-state index in [1.807, 2.05) is 18.2 Å². The molecule has 0 radical (unpaired) electrons. The van der Waals surface area contributed by atoms with E-state index in [-0.39, 0.29) is 58.9 Å². The lowest BCUT2D eigenvalue weighted by molar-refractivity contribution is -0.139. The highest BCUT2D eigenvalue weighted by molar-refractivity contribution is 5.67. The second-order valence-corrected chi connectivity index (χ2v) is 8.87. The number of hydrogen-bond donors (Lipinski definition) is 5. The van der Waals surface area contributed by atoms with Gasteiger partial charge in [-0.15, -0.1) is 0 Å². The SMILES string of the molecule is O=C(O)CCOCC(COCCC(=O)O)(COCCC(=O)O)NCCCCCCNCc1ccccc1. The van der Waals surface area contributed by atoms with Crippen LogP contribution >= 0.6 is 0 Å². The van der Waals surface area contributed by atoms with E-state index in [1.54, 1.807) is 0 Å². The highest BCUT2D eigenvalue weighted by atomic mass is 16.5. The first-order valence-electron chi connectivity index (χ1n) is 12.7. The molecule has 0 saturated heterocycles. The van der Waals surface area contributed by atoms with Gasteiger partial charge in [-0.2, -0.15) is 0 Å². The Bertz CT molecular complexity index is 707. The van der Waals surface area contributed by atoms with Gasteiger partial charge in [-0.3, -0.25) is 14.4 Å². The lowest BCUT2D eigenvalue weighted by Crippen LogP contribution is -2.57. The summed E-state index contributed by atoms with van der Waals surface area (Å²) in [6.45, 7) is 2.61. The van der Waals surface area contributed by atoms with Gasteiger partial charge in [-0.25, -0.2) is 0 Å². The number of benzene rings is 1. The number of carbonyl (C=O) groups is 3. The molecule has 11 nitrogen and oxygen atoms in total. The molecular weight excluding hydrogens is 484 g/mol. The lowest BCUT2D eigenvalue weighted by atomic mass is 10.0. The summed E-state index contributed by atoms with van der Waals surface area (Å²) < 4.78 is 16.7. The molecule has 1 rings (SSSR count). The van der Waals surface area contributed by atoms with Crippen molar-refractivity contribution in [2.45, 2.75) is 57.0 Å². The molecule has 5 N–H and O–H groups in total. The van der Waals surface area contributed by atoms with E-state index in [2.05, 4.69) is 22.8 Å². The van der Waals surface area contributed by atoms with Crippen molar-refractivity contribution in [3.8, 4) is 0 Å². The number of aliphatic carboxylic acids is 3. The fourth-order valence-electron chi connectivity index (χ4n) is 3.47. The van der Waals surface area contributed by atoms with Crippen molar-refractivity contribution in [2.75, 3.05) is 52.7 Å². The summed E-state index contributed by atoms with van der Waals surface area (Å²) >= 11 is 0. The molecule has 0 heterocycles. The van der Waals surface area contributed by atoms with Gasteiger partial charge in [0.05, 0.1) is 64.4 Å². The average molecular weight is 527 g/mol. The summed E-state index contributed by atoms with van der Waals surface area (Å²) in [5.41, 5.74) is 0.386. The van der Waals surface area contributed by atoms with Crippen LogP contribution in [0.4, 0.5) is 0 Å². The van der Waals surface area contributed by atoms with Crippen LogP contribution in [0.15, 0.2) is 30.3 Å². The molecule has 0 spiro atoms. The summed E-state index contributed by atoms with van der Waals surface area (Å²) in [5, 5.41) is 33.4. The summed E-state index contributed by atoms with van der Waals surface area (Å²) in [4.78, 5) is 32.5. The fourth-order valence-corrected chi connectivity index (χ4v) is 3.47. The highest BCUT2D eigenvalue weighted by Gasteiger charge is 2.31. The zero-order chi connectivity index (χ0) is 27.2. The van der Waals surface area contributed by atoms with Crippen LogP contribution < -0.4 is 10.6 Å². The Kier molecular flexibility index (Phi) is 18.0. The predicted molar refractivity (Wildman–Crippen MR) is 137 cm³/mol. The molecule has 0 aromatic heterocycles. The number of hydrogen-bond acceptors (Lipinski definition) is 8. The average Bonchev–Trinajstić information content (AvgIpc) is 2.86. The van der Waals surface area contributed by atoms with Crippen LogP contribution in [0.25, 0.3) is 0 Å². The van der Waals surface area contributed by atoms with Crippen molar-refractivity contribution in [1.29, 1.82) is 0 Å².